The lowest BCUT2D eigenvalue weighted by molar-refractivity contribution is -0.119. The molecule has 0 aliphatic rings. The number of aromatic nitrogens is 2. The highest BCUT2D eigenvalue weighted by Gasteiger charge is 2.19. The minimum atomic E-state index is -0.177. The number of anilines is 1. The molecule has 23 heavy (non-hydrogen) atoms. The van der Waals surface area contributed by atoms with Gasteiger partial charge in [0.1, 0.15) is 6.04 Å². The molecule has 1 aromatic carbocycles. The van der Waals surface area contributed by atoms with Gasteiger partial charge in [0.15, 0.2) is 0 Å². The molecule has 0 saturated carbocycles. The van der Waals surface area contributed by atoms with Gasteiger partial charge < -0.3 is 14.5 Å². The maximum atomic E-state index is 12.7. The number of nitrogens with one attached hydrogen (secondary N) is 1. The molecule has 4 nitrogen and oxygen atoms in total. The molecular weight excluding hydrogens is 306 g/mol. The first kappa shape index (κ1) is 15.7. The number of fused-ring (bicyclic) bond motifs is 1. The lowest BCUT2D eigenvalue weighted by Crippen LogP contribution is -2.25. The zero-order valence-corrected chi connectivity index (χ0v) is 14.2. The van der Waals surface area contributed by atoms with Crippen molar-refractivity contribution in [3.63, 3.8) is 0 Å². The van der Waals surface area contributed by atoms with Gasteiger partial charge in [-0.1, -0.05) is 0 Å². The largest absolute Gasteiger partial charge is 0.351 e. The van der Waals surface area contributed by atoms with E-state index in [9.17, 15) is 4.79 Å². The Balaban J connectivity index is 1.79. The minimum Gasteiger partial charge on any atom is -0.351 e. The van der Waals surface area contributed by atoms with Crippen molar-refractivity contribution in [1.82, 2.24) is 9.13 Å². The number of aryl methyl sites for hydroxylation is 1. The Morgan fingerprint density at radius 2 is 2.00 bits per heavy atom. The van der Waals surface area contributed by atoms with Crippen LogP contribution in [0.2, 0.25) is 0 Å². The van der Waals surface area contributed by atoms with Gasteiger partial charge in [0.05, 0.1) is 0 Å². The van der Waals surface area contributed by atoms with Crippen LogP contribution in [0.5, 0.6) is 0 Å². The molecule has 5 heteroatoms. The van der Waals surface area contributed by atoms with Crippen molar-refractivity contribution < 1.29 is 4.79 Å². The Morgan fingerprint density at radius 3 is 2.74 bits per heavy atom. The Labute approximate surface area is 140 Å². The van der Waals surface area contributed by atoms with Crippen LogP contribution in [0.25, 0.3) is 10.9 Å². The zero-order chi connectivity index (χ0) is 16.2. The molecule has 0 saturated heterocycles. The third-order valence-corrected chi connectivity index (χ3v) is 4.68. The summed E-state index contributed by atoms with van der Waals surface area (Å²) in [5.74, 6) is 0.985. The lowest BCUT2D eigenvalue weighted by atomic mass is 10.2. The van der Waals surface area contributed by atoms with E-state index in [1.54, 1.807) is 11.8 Å². The molecule has 0 fully saturated rings. The first-order valence-corrected chi connectivity index (χ1v) is 9.06. The van der Waals surface area contributed by atoms with Crippen molar-refractivity contribution in [2.75, 3.05) is 17.3 Å². The third-order valence-electron chi connectivity index (χ3n) is 4.04. The normalized spacial score (nSPS) is 12.4. The first-order valence-electron chi connectivity index (χ1n) is 7.66. The van der Waals surface area contributed by atoms with Crippen molar-refractivity contribution in [1.29, 1.82) is 0 Å². The van der Waals surface area contributed by atoms with E-state index in [-0.39, 0.29) is 11.9 Å². The molecule has 3 rings (SSSR count). The first-order chi connectivity index (χ1) is 11.2. The second-order valence-electron chi connectivity index (χ2n) is 5.62. The van der Waals surface area contributed by atoms with Crippen LogP contribution < -0.4 is 5.32 Å². The van der Waals surface area contributed by atoms with Crippen LogP contribution in [0.1, 0.15) is 12.5 Å². The summed E-state index contributed by atoms with van der Waals surface area (Å²) in [4.78, 5) is 12.7. The van der Waals surface area contributed by atoms with Crippen molar-refractivity contribution in [3.05, 3.63) is 55.0 Å². The lowest BCUT2D eigenvalue weighted by Gasteiger charge is -2.18. The van der Waals surface area contributed by atoms with E-state index in [1.165, 1.54) is 0 Å². The fourth-order valence-electron chi connectivity index (χ4n) is 2.79. The molecule has 3 aromatic rings. The molecule has 120 valence electrons. The fraction of sp³-hybridized carbons (Fsp3) is 0.278. The number of carbonyl (C=O) groups excluding carboxylic acids is 1. The van der Waals surface area contributed by atoms with Gasteiger partial charge in [-0.05, 0) is 54.8 Å². The highest BCUT2D eigenvalue weighted by molar-refractivity contribution is 7.98. The molecule has 0 radical (unpaired) electrons. The van der Waals surface area contributed by atoms with Crippen LogP contribution in [0.3, 0.4) is 0 Å². The number of amides is 1. The predicted molar refractivity (Wildman–Crippen MR) is 98.0 cm³/mol. The predicted octanol–water partition coefficient (Wildman–Crippen LogP) is 3.91. The van der Waals surface area contributed by atoms with Gasteiger partial charge in [0.25, 0.3) is 0 Å². The topological polar surface area (TPSA) is 39.0 Å². The summed E-state index contributed by atoms with van der Waals surface area (Å²) in [6, 6.07) is 11.8. The second kappa shape index (κ2) is 6.96. The van der Waals surface area contributed by atoms with E-state index in [0.29, 0.717) is 0 Å². The van der Waals surface area contributed by atoms with E-state index in [1.807, 2.05) is 60.5 Å². The fourth-order valence-corrected chi connectivity index (χ4v) is 3.24. The standard InChI is InChI=1S/C18H21N3OS/c1-20-11-7-14-13-15(5-6-16(14)20)19-18(22)17(8-12-23-2)21-9-3-4-10-21/h3-7,9-11,13,17H,8,12H2,1-2H3,(H,19,22)/t17-/m1/s1. The average molecular weight is 327 g/mol. The summed E-state index contributed by atoms with van der Waals surface area (Å²) < 4.78 is 4.05. The molecule has 2 aromatic heterocycles. The summed E-state index contributed by atoms with van der Waals surface area (Å²) in [5.41, 5.74) is 2.00. The Hall–Kier alpha value is -2.14. The van der Waals surface area contributed by atoms with Gasteiger partial charge in [-0.25, -0.2) is 0 Å². The van der Waals surface area contributed by atoms with E-state index < -0.39 is 0 Å². The molecule has 0 spiro atoms. The average Bonchev–Trinajstić information content (AvgIpc) is 3.18. The SMILES string of the molecule is CSCC[C@H](C(=O)Nc1ccc2c(ccn2C)c1)n1cccc1. The minimum absolute atomic E-state index is 0.0329. The van der Waals surface area contributed by atoms with Crippen LogP contribution in [-0.2, 0) is 11.8 Å². The summed E-state index contributed by atoms with van der Waals surface area (Å²) in [6.07, 6.45) is 8.80. The Kier molecular flexibility index (Phi) is 4.76. The number of benzene rings is 1. The number of hydrogen-bond donors (Lipinski definition) is 1. The smallest absolute Gasteiger partial charge is 0.247 e. The Bertz CT molecular complexity index is 792. The highest BCUT2D eigenvalue weighted by atomic mass is 32.2. The molecule has 0 bridgehead atoms. The molecule has 1 amide bonds. The summed E-state index contributed by atoms with van der Waals surface area (Å²) in [6.45, 7) is 0. The van der Waals surface area contributed by atoms with Crippen LogP contribution in [0.15, 0.2) is 55.0 Å². The van der Waals surface area contributed by atoms with Crippen molar-refractivity contribution >= 4 is 34.3 Å². The van der Waals surface area contributed by atoms with E-state index >= 15 is 0 Å². The van der Waals surface area contributed by atoms with E-state index in [2.05, 4.69) is 22.2 Å². The zero-order valence-electron chi connectivity index (χ0n) is 13.4. The summed E-state index contributed by atoms with van der Waals surface area (Å²) >= 11 is 1.76. The number of thioether (sulfide) groups is 1. The molecule has 0 aliphatic heterocycles. The molecule has 0 unspecified atom stereocenters. The number of carbonyl (C=O) groups is 1. The monoisotopic (exact) mass is 327 g/mol. The number of rotatable bonds is 6. The van der Waals surface area contributed by atoms with Crippen molar-refractivity contribution in [3.8, 4) is 0 Å². The van der Waals surface area contributed by atoms with Crippen LogP contribution in [0, 0.1) is 0 Å². The van der Waals surface area contributed by atoms with Gasteiger partial charge >= 0.3 is 0 Å². The van der Waals surface area contributed by atoms with E-state index in [0.717, 1.165) is 28.8 Å². The number of nitrogens with zero attached hydrogens (tertiary/aromatic N) is 2. The third kappa shape index (κ3) is 3.45. The highest BCUT2D eigenvalue weighted by Crippen LogP contribution is 2.22. The maximum Gasteiger partial charge on any atom is 0.247 e. The van der Waals surface area contributed by atoms with Crippen molar-refractivity contribution in [2.45, 2.75) is 12.5 Å². The van der Waals surface area contributed by atoms with Gasteiger partial charge in [-0.3, -0.25) is 4.79 Å². The quantitative estimate of drug-likeness (QED) is 0.745. The maximum absolute atomic E-state index is 12.7. The molecule has 1 N–H and O–H groups in total. The number of hydrogen-bond acceptors (Lipinski definition) is 2. The van der Waals surface area contributed by atoms with Gasteiger partial charge in [0.2, 0.25) is 5.91 Å². The molecular formula is C18H21N3OS. The Morgan fingerprint density at radius 1 is 1.22 bits per heavy atom. The second-order valence-corrected chi connectivity index (χ2v) is 6.60. The van der Waals surface area contributed by atoms with Crippen LogP contribution >= 0.6 is 11.8 Å². The van der Waals surface area contributed by atoms with E-state index in [4.69, 9.17) is 0 Å². The molecule has 1 atom stereocenters. The molecule has 0 aliphatic carbocycles. The van der Waals surface area contributed by atoms with Gasteiger partial charge in [0, 0.05) is 42.2 Å². The summed E-state index contributed by atoms with van der Waals surface area (Å²) in [7, 11) is 2.02. The summed E-state index contributed by atoms with van der Waals surface area (Å²) in [5, 5.41) is 4.19. The van der Waals surface area contributed by atoms with Gasteiger partial charge in [-0.15, -0.1) is 0 Å². The van der Waals surface area contributed by atoms with Crippen LogP contribution in [-0.4, -0.2) is 27.1 Å². The van der Waals surface area contributed by atoms with Crippen molar-refractivity contribution in [2.24, 2.45) is 7.05 Å². The molecule has 2 heterocycles. The van der Waals surface area contributed by atoms with Gasteiger partial charge in [-0.2, -0.15) is 11.8 Å². The van der Waals surface area contributed by atoms with Crippen LogP contribution in [0.4, 0.5) is 5.69 Å².